The van der Waals surface area contributed by atoms with Gasteiger partial charge in [0.05, 0.1) is 20.4 Å². The lowest BCUT2D eigenvalue weighted by Crippen LogP contribution is -2.16. The van der Waals surface area contributed by atoms with E-state index in [4.69, 9.17) is 0 Å². The van der Waals surface area contributed by atoms with Crippen LogP contribution >= 0.6 is 11.3 Å². The van der Waals surface area contributed by atoms with Gasteiger partial charge in [0.25, 0.3) is 5.91 Å². The van der Waals surface area contributed by atoms with Crippen LogP contribution in [0.1, 0.15) is 24.2 Å². The molecule has 0 aliphatic heterocycles. The topological polar surface area (TPSA) is 76.1 Å². The molecule has 25 heavy (non-hydrogen) atoms. The van der Waals surface area contributed by atoms with Crippen molar-refractivity contribution in [2.75, 3.05) is 5.32 Å². The molecule has 1 N–H and O–H groups in total. The van der Waals surface area contributed by atoms with Gasteiger partial charge in [0.1, 0.15) is 5.82 Å². The molecule has 0 atom stereocenters. The Labute approximate surface area is 148 Å². The molecule has 1 heterocycles. The monoisotopic (exact) mass is 378 g/mol. The number of hydrogen-bond acceptors (Lipinski definition) is 5. The molecule has 1 amide bonds. The van der Waals surface area contributed by atoms with E-state index in [1.807, 2.05) is 0 Å². The molecule has 0 saturated heterocycles. The first-order chi connectivity index (χ1) is 11.8. The number of nitrogens with zero attached hydrogens (tertiary/aromatic N) is 1. The van der Waals surface area contributed by atoms with Crippen LogP contribution in [0.5, 0.6) is 0 Å². The number of anilines is 1. The average molecular weight is 378 g/mol. The minimum atomic E-state index is -3.47. The van der Waals surface area contributed by atoms with Crippen LogP contribution in [0, 0.1) is 5.82 Å². The Morgan fingerprint density at radius 1 is 1.20 bits per heavy atom. The molecule has 0 fully saturated rings. The molecule has 0 radical (unpaired) electrons. The first-order valence-electron chi connectivity index (χ1n) is 7.49. The summed E-state index contributed by atoms with van der Waals surface area (Å²) in [4.78, 5) is 16.7. The highest BCUT2D eigenvalue weighted by Gasteiger charge is 2.20. The quantitative estimate of drug-likeness (QED) is 0.748. The zero-order valence-electron chi connectivity index (χ0n) is 13.5. The number of halogens is 1. The van der Waals surface area contributed by atoms with Gasteiger partial charge in [-0.25, -0.2) is 17.8 Å². The number of amides is 1. The SMILES string of the molecule is CC(C)S(=O)(=O)c1cccc(C(=O)Nc2nc3ccc(F)cc3s2)c1. The van der Waals surface area contributed by atoms with Crippen molar-refractivity contribution in [1.82, 2.24) is 4.98 Å². The van der Waals surface area contributed by atoms with Crippen LogP contribution in [0.2, 0.25) is 0 Å². The largest absolute Gasteiger partial charge is 0.298 e. The molecule has 8 heteroatoms. The summed E-state index contributed by atoms with van der Waals surface area (Å²) in [6.07, 6.45) is 0. The second kappa shape index (κ2) is 6.53. The lowest BCUT2D eigenvalue weighted by Gasteiger charge is -2.09. The number of rotatable bonds is 4. The van der Waals surface area contributed by atoms with E-state index in [-0.39, 0.29) is 16.3 Å². The van der Waals surface area contributed by atoms with E-state index in [0.29, 0.717) is 15.3 Å². The molecule has 130 valence electrons. The third-order valence-electron chi connectivity index (χ3n) is 3.62. The Morgan fingerprint density at radius 3 is 2.68 bits per heavy atom. The molecule has 2 aromatic carbocycles. The standard InChI is InChI=1S/C17H15FN2O3S2/c1-10(2)25(22,23)13-5-3-4-11(8-13)16(21)20-17-19-14-7-6-12(18)9-15(14)24-17/h3-10H,1-2H3,(H,19,20,21). The van der Waals surface area contributed by atoms with Crippen molar-refractivity contribution in [1.29, 1.82) is 0 Å². The van der Waals surface area contributed by atoms with Gasteiger partial charge >= 0.3 is 0 Å². The molecular formula is C17H15FN2O3S2. The first-order valence-corrected chi connectivity index (χ1v) is 9.85. The maximum atomic E-state index is 13.2. The maximum Gasteiger partial charge on any atom is 0.257 e. The number of carbonyl (C=O) groups excluding carboxylic acids is 1. The van der Waals surface area contributed by atoms with Gasteiger partial charge in [-0.3, -0.25) is 10.1 Å². The van der Waals surface area contributed by atoms with Crippen molar-refractivity contribution < 1.29 is 17.6 Å². The van der Waals surface area contributed by atoms with Crippen molar-refractivity contribution in [3.63, 3.8) is 0 Å². The molecule has 0 spiro atoms. The second-order valence-electron chi connectivity index (χ2n) is 5.71. The molecule has 5 nitrogen and oxygen atoms in total. The van der Waals surface area contributed by atoms with Gasteiger partial charge in [0.15, 0.2) is 15.0 Å². The van der Waals surface area contributed by atoms with Crippen LogP contribution in [0.25, 0.3) is 10.2 Å². The van der Waals surface area contributed by atoms with Crippen molar-refractivity contribution >= 4 is 42.4 Å². The highest BCUT2D eigenvalue weighted by Crippen LogP contribution is 2.27. The van der Waals surface area contributed by atoms with Crippen LogP contribution in [-0.4, -0.2) is 24.6 Å². The summed E-state index contributed by atoms with van der Waals surface area (Å²) < 4.78 is 38.3. The van der Waals surface area contributed by atoms with E-state index < -0.39 is 21.0 Å². The molecular weight excluding hydrogens is 363 g/mol. The van der Waals surface area contributed by atoms with E-state index >= 15 is 0 Å². The molecule has 0 saturated carbocycles. The second-order valence-corrected chi connectivity index (χ2v) is 9.24. The summed E-state index contributed by atoms with van der Waals surface area (Å²) in [5.74, 6) is -0.846. The Morgan fingerprint density at radius 2 is 1.96 bits per heavy atom. The Bertz CT molecular complexity index is 1060. The van der Waals surface area contributed by atoms with Crippen molar-refractivity contribution in [2.24, 2.45) is 0 Å². The van der Waals surface area contributed by atoms with Crippen molar-refractivity contribution in [3.05, 3.63) is 53.8 Å². The fourth-order valence-electron chi connectivity index (χ4n) is 2.21. The summed E-state index contributed by atoms with van der Waals surface area (Å²) in [7, 11) is -3.47. The Hall–Kier alpha value is -2.32. The van der Waals surface area contributed by atoms with E-state index in [1.54, 1.807) is 13.8 Å². The number of thiazole rings is 1. The number of aromatic nitrogens is 1. The fourth-order valence-corrected chi connectivity index (χ4v) is 4.20. The smallest absolute Gasteiger partial charge is 0.257 e. The van der Waals surface area contributed by atoms with Gasteiger partial charge in [0.2, 0.25) is 0 Å². The summed E-state index contributed by atoms with van der Waals surface area (Å²) in [5, 5.41) is 2.37. The van der Waals surface area contributed by atoms with E-state index in [2.05, 4.69) is 10.3 Å². The normalized spacial score (nSPS) is 11.8. The minimum Gasteiger partial charge on any atom is -0.298 e. The highest BCUT2D eigenvalue weighted by molar-refractivity contribution is 7.92. The summed E-state index contributed by atoms with van der Waals surface area (Å²) in [5.41, 5.74) is 0.796. The zero-order chi connectivity index (χ0) is 18.2. The molecule has 1 aromatic heterocycles. The van der Waals surface area contributed by atoms with Crippen LogP contribution < -0.4 is 5.32 Å². The Kier molecular flexibility index (Phi) is 4.57. The predicted molar refractivity (Wildman–Crippen MR) is 96.3 cm³/mol. The minimum absolute atomic E-state index is 0.0986. The van der Waals surface area contributed by atoms with Crippen molar-refractivity contribution in [2.45, 2.75) is 24.0 Å². The first kappa shape index (κ1) is 17.5. The number of sulfone groups is 1. The molecule has 0 aliphatic carbocycles. The average Bonchev–Trinajstić information content (AvgIpc) is 2.96. The third kappa shape index (κ3) is 3.54. The molecule has 3 rings (SSSR count). The number of carbonyl (C=O) groups is 1. The fraction of sp³-hybridized carbons (Fsp3) is 0.176. The van der Waals surface area contributed by atoms with Gasteiger partial charge in [-0.2, -0.15) is 0 Å². The lowest BCUT2D eigenvalue weighted by molar-refractivity contribution is 0.102. The van der Waals surface area contributed by atoms with Crippen LogP contribution in [0.15, 0.2) is 47.4 Å². The van der Waals surface area contributed by atoms with Gasteiger partial charge in [0, 0.05) is 5.56 Å². The number of benzene rings is 2. The van der Waals surface area contributed by atoms with Crippen LogP contribution in [0.3, 0.4) is 0 Å². The van der Waals surface area contributed by atoms with Crippen molar-refractivity contribution in [3.8, 4) is 0 Å². The molecule has 0 unspecified atom stereocenters. The summed E-state index contributed by atoms with van der Waals surface area (Å²) in [6, 6.07) is 10.0. The lowest BCUT2D eigenvalue weighted by atomic mass is 10.2. The zero-order valence-corrected chi connectivity index (χ0v) is 15.1. The summed E-state index contributed by atoms with van der Waals surface area (Å²) in [6.45, 7) is 3.17. The van der Waals surface area contributed by atoms with Crippen LogP contribution in [-0.2, 0) is 9.84 Å². The molecule has 0 bridgehead atoms. The highest BCUT2D eigenvalue weighted by atomic mass is 32.2. The number of fused-ring (bicyclic) bond motifs is 1. The Balaban J connectivity index is 1.88. The van der Waals surface area contributed by atoms with E-state index in [0.717, 1.165) is 11.3 Å². The number of nitrogens with one attached hydrogen (secondary N) is 1. The van der Waals surface area contributed by atoms with Crippen LogP contribution in [0.4, 0.5) is 9.52 Å². The van der Waals surface area contributed by atoms with Gasteiger partial charge in [-0.05, 0) is 50.2 Å². The van der Waals surface area contributed by atoms with E-state index in [1.165, 1.54) is 42.5 Å². The molecule has 3 aromatic rings. The van der Waals surface area contributed by atoms with Gasteiger partial charge in [-0.1, -0.05) is 17.4 Å². The predicted octanol–water partition coefficient (Wildman–Crippen LogP) is 3.87. The maximum absolute atomic E-state index is 13.2. The third-order valence-corrected chi connectivity index (χ3v) is 6.70. The van der Waals surface area contributed by atoms with Gasteiger partial charge < -0.3 is 0 Å². The molecule has 0 aliphatic rings. The number of hydrogen-bond donors (Lipinski definition) is 1. The van der Waals surface area contributed by atoms with Gasteiger partial charge in [-0.15, -0.1) is 0 Å². The summed E-state index contributed by atoms with van der Waals surface area (Å²) >= 11 is 1.15. The van der Waals surface area contributed by atoms with E-state index in [9.17, 15) is 17.6 Å².